The summed E-state index contributed by atoms with van der Waals surface area (Å²) in [6.07, 6.45) is -0.952. The van der Waals surface area contributed by atoms with Crippen molar-refractivity contribution in [1.29, 1.82) is 0 Å². The van der Waals surface area contributed by atoms with Crippen molar-refractivity contribution in [2.75, 3.05) is 0 Å². The van der Waals surface area contributed by atoms with Crippen molar-refractivity contribution in [2.45, 2.75) is 83.4 Å². The van der Waals surface area contributed by atoms with Gasteiger partial charge in [0.1, 0.15) is 5.60 Å². The molecule has 1 aliphatic heterocycles. The number of hydrogen-bond donors (Lipinski definition) is 1. The fourth-order valence-electron chi connectivity index (χ4n) is 4.32. The lowest BCUT2D eigenvalue weighted by molar-refractivity contribution is -0.137. The smallest absolute Gasteiger partial charge is 0.437 e. The Morgan fingerprint density at radius 2 is 2.03 bits per heavy atom. The van der Waals surface area contributed by atoms with Crippen molar-refractivity contribution in [3.63, 3.8) is 0 Å². The van der Waals surface area contributed by atoms with Gasteiger partial charge in [0.25, 0.3) is 5.92 Å². The summed E-state index contributed by atoms with van der Waals surface area (Å²) in [5.74, 6) is -3.99. The Kier molecular flexibility index (Phi) is 7.34. The molecule has 1 aromatic rings. The number of nitrogens with zero attached hydrogens (tertiary/aromatic N) is 2. The van der Waals surface area contributed by atoms with Crippen LogP contribution < -0.4 is 5.32 Å². The van der Waals surface area contributed by atoms with E-state index in [1.807, 2.05) is 25.1 Å². The Morgan fingerprint density at radius 1 is 1.36 bits per heavy atom. The van der Waals surface area contributed by atoms with Crippen LogP contribution in [-0.2, 0) is 15.1 Å². The Morgan fingerprint density at radius 3 is 2.64 bits per heavy atom. The van der Waals surface area contributed by atoms with Gasteiger partial charge in [-0.05, 0) is 74.8 Å². The van der Waals surface area contributed by atoms with Crippen LogP contribution in [0.4, 0.5) is 13.6 Å². The molecule has 0 unspecified atom stereocenters. The number of nitrogens with one attached hydrogen (secondary N) is 1. The van der Waals surface area contributed by atoms with Crippen LogP contribution in [0.1, 0.15) is 65.9 Å². The largest absolute Gasteiger partial charge is 0.442 e. The maximum atomic E-state index is 14.1. The summed E-state index contributed by atoms with van der Waals surface area (Å²) in [4.78, 5) is 31.4. The first-order valence-electron chi connectivity index (χ1n) is 10.9. The Hall–Kier alpha value is -1.49. The summed E-state index contributed by atoms with van der Waals surface area (Å²) >= 11 is 8.66. The van der Waals surface area contributed by atoms with Gasteiger partial charge in [-0.15, -0.1) is 4.99 Å². The van der Waals surface area contributed by atoms with Crippen LogP contribution in [0, 0.1) is 9.49 Å². The molecule has 1 aliphatic carbocycles. The van der Waals surface area contributed by atoms with Gasteiger partial charge < -0.3 is 10.1 Å². The van der Waals surface area contributed by atoms with Crippen LogP contribution in [0.2, 0.25) is 5.02 Å². The maximum absolute atomic E-state index is 14.1. The molecule has 2 aliphatic rings. The third-order valence-corrected chi connectivity index (χ3v) is 7.67. The lowest BCUT2D eigenvalue weighted by Crippen LogP contribution is -2.63. The molecular weight excluding hydrogens is 567 g/mol. The number of hydrogen-bond acceptors (Lipinski definition) is 3. The molecule has 1 heterocycles. The van der Waals surface area contributed by atoms with Crippen molar-refractivity contribution in [3.8, 4) is 0 Å². The molecule has 0 spiro atoms. The van der Waals surface area contributed by atoms with Crippen LogP contribution in [0.25, 0.3) is 0 Å². The number of guanidine groups is 1. The Labute approximate surface area is 211 Å². The van der Waals surface area contributed by atoms with Crippen molar-refractivity contribution >= 4 is 52.2 Å². The van der Waals surface area contributed by atoms with E-state index in [-0.39, 0.29) is 37.6 Å². The molecule has 182 valence electrons. The predicted octanol–water partition coefficient (Wildman–Crippen LogP) is 6.10. The quantitative estimate of drug-likeness (QED) is 0.420. The maximum Gasteiger partial charge on any atom is 0.437 e. The van der Waals surface area contributed by atoms with E-state index in [4.69, 9.17) is 16.3 Å². The molecule has 2 fully saturated rings. The Balaban J connectivity index is 2.01. The molecule has 10 heteroatoms. The summed E-state index contributed by atoms with van der Waals surface area (Å²) in [5.41, 5.74) is -1.05. The zero-order valence-corrected chi connectivity index (χ0v) is 22.3. The number of halogens is 4. The number of aliphatic imine (C=N–C) groups is 1. The third-order valence-electron chi connectivity index (χ3n) is 6.05. The fourth-order valence-corrected chi connectivity index (χ4v) is 5.15. The highest BCUT2D eigenvalue weighted by atomic mass is 127. The summed E-state index contributed by atoms with van der Waals surface area (Å²) < 4.78 is 34.4. The first-order valence-corrected chi connectivity index (χ1v) is 12.3. The number of ether oxygens (including phenoxy) is 1. The average molecular weight is 596 g/mol. The van der Waals surface area contributed by atoms with Gasteiger partial charge in [-0.25, -0.2) is 13.6 Å². The highest BCUT2D eigenvalue weighted by Crippen LogP contribution is 2.42. The zero-order valence-electron chi connectivity index (χ0n) is 19.3. The minimum Gasteiger partial charge on any atom is -0.442 e. The monoisotopic (exact) mass is 595 g/mol. The minimum absolute atomic E-state index is 0.000319. The van der Waals surface area contributed by atoms with Gasteiger partial charge in [-0.2, -0.15) is 0 Å². The van der Waals surface area contributed by atoms with Gasteiger partial charge in [0.05, 0.1) is 17.0 Å². The van der Waals surface area contributed by atoms with Crippen LogP contribution >= 0.6 is 34.2 Å². The van der Waals surface area contributed by atoms with Crippen LogP contribution in [-0.4, -0.2) is 40.4 Å². The second kappa shape index (κ2) is 9.28. The average Bonchev–Trinajstić information content (AvgIpc) is 2.64. The Bertz CT molecular complexity index is 982. The fraction of sp³-hybridized carbons (Fsp3) is 0.609. The van der Waals surface area contributed by atoms with E-state index in [0.717, 1.165) is 3.57 Å². The zero-order chi connectivity index (χ0) is 24.8. The molecular formula is C23H29ClF2IN3O3. The third kappa shape index (κ3) is 5.78. The van der Waals surface area contributed by atoms with Crippen LogP contribution in [0.3, 0.4) is 0 Å². The molecule has 0 radical (unpaired) electrons. The van der Waals surface area contributed by atoms with E-state index in [1.54, 1.807) is 20.8 Å². The number of carbonyl (C=O) groups is 2. The predicted molar refractivity (Wildman–Crippen MR) is 132 cm³/mol. The molecule has 3 atom stereocenters. The topological polar surface area (TPSA) is 71.0 Å². The number of rotatable bonds is 2. The van der Waals surface area contributed by atoms with E-state index in [9.17, 15) is 18.4 Å². The van der Waals surface area contributed by atoms with Gasteiger partial charge in [-0.1, -0.05) is 30.7 Å². The van der Waals surface area contributed by atoms with E-state index in [0.29, 0.717) is 10.6 Å². The molecule has 1 saturated carbocycles. The molecule has 6 nitrogen and oxygen atoms in total. The molecule has 2 amide bonds. The second-order valence-corrected chi connectivity index (χ2v) is 11.5. The first kappa shape index (κ1) is 26.1. The normalized spacial score (nSPS) is 29.1. The highest BCUT2D eigenvalue weighted by Gasteiger charge is 2.49. The van der Waals surface area contributed by atoms with Crippen molar-refractivity contribution in [2.24, 2.45) is 10.9 Å². The lowest BCUT2D eigenvalue weighted by atomic mass is 9.81. The standard InChI is InChI=1S/C23H29ClF2IN3O3/c1-13-11-14(9-10-23(13,25)26)30-17(31)12-22(5,15-7-6-8-16(27)18(15)24)29-19(30)28-20(32)33-21(2,3)4/h6-8,13-14H,9-12H2,1-5H3,(H,28,29,32)/t13-,14-,22-/m0/s1. The summed E-state index contributed by atoms with van der Waals surface area (Å²) in [5, 5.41) is 3.72. The lowest BCUT2D eigenvalue weighted by Gasteiger charge is -2.47. The van der Waals surface area contributed by atoms with Gasteiger partial charge >= 0.3 is 6.09 Å². The van der Waals surface area contributed by atoms with Crippen molar-refractivity contribution in [1.82, 2.24) is 10.2 Å². The van der Waals surface area contributed by atoms with Gasteiger partial charge in [0, 0.05) is 22.0 Å². The number of benzene rings is 1. The van der Waals surface area contributed by atoms with Crippen molar-refractivity contribution < 1.29 is 23.1 Å². The van der Waals surface area contributed by atoms with E-state index < -0.39 is 35.1 Å². The first-order chi connectivity index (χ1) is 15.1. The van der Waals surface area contributed by atoms with Gasteiger partial charge in [0.15, 0.2) is 0 Å². The minimum atomic E-state index is -2.78. The molecule has 1 saturated heterocycles. The van der Waals surface area contributed by atoms with Crippen LogP contribution in [0.15, 0.2) is 23.2 Å². The number of carbonyl (C=O) groups excluding carboxylic acids is 2. The molecule has 0 aromatic heterocycles. The summed E-state index contributed by atoms with van der Waals surface area (Å²) in [6, 6.07) is 5.00. The van der Waals surface area contributed by atoms with Gasteiger partial charge in [-0.3, -0.25) is 9.69 Å². The van der Waals surface area contributed by atoms with E-state index >= 15 is 0 Å². The van der Waals surface area contributed by atoms with E-state index in [1.165, 1.54) is 11.8 Å². The van der Waals surface area contributed by atoms with E-state index in [2.05, 4.69) is 32.9 Å². The molecule has 1 aromatic carbocycles. The number of amides is 2. The summed E-state index contributed by atoms with van der Waals surface area (Å²) in [6.45, 7) is 8.42. The molecule has 33 heavy (non-hydrogen) atoms. The van der Waals surface area contributed by atoms with Gasteiger partial charge in [0.2, 0.25) is 11.9 Å². The second-order valence-electron chi connectivity index (χ2n) is 10.0. The SMILES string of the molecule is C[C@H]1C[C@@H](N2C(=O)C[C@@](C)(c3cccc(I)c3Cl)N/C2=N\C(=O)OC(C)(C)C)CCC1(F)F. The van der Waals surface area contributed by atoms with Crippen LogP contribution in [0.5, 0.6) is 0 Å². The molecule has 1 N–H and O–H groups in total. The van der Waals surface area contributed by atoms with Crippen molar-refractivity contribution in [3.05, 3.63) is 32.4 Å². The number of alkyl halides is 2. The molecule has 0 bridgehead atoms. The summed E-state index contributed by atoms with van der Waals surface area (Å²) in [7, 11) is 0. The molecule has 3 rings (SSSR count). The highest BCUT2D eigenvalue weighted by molar-refractivity contribution is 14.1.